The van der Waals surface area contributed by atoms with Gasteiger partial charge in [-0.3, -0.25) is 4.79 Å². The molecule has 3 amide bonds. The van der Waals surface area contributed by atoms with Gasteiger partial charge < -0.3 is 19.8 Å². The molecule has 1 fully saturated rings. The van der Waals surface area contributed by atoms with Gasteiger partial charge >= 0.3 is 12.0 Å². The zero-order valence-corrected chi connectivity index (χ0v) is 15.6. The highest BCUT2D eigenvalue weighted by Gasteiger charge is 2.32. The quantitative estimate of drug-likeness (QED) is 0.868. The Labute approximate surface area is 154 Å². The van der Waals surface area contributed by atoms with Gasteiger partial charge in [0, 0.05) is 39.6 Å². The predicted molar refractivity (Wildman–Crippen MR) is 97.5 cm³/mol. The van der Waals surface area contributed by atoms with Gasteiger partial charge in [0.15, 0.2) is 0 Å². The van der Waals surface area contributed by atoms with Crippen molar-refractivity contribution in [2.75, 3.05) is 27.2 Å². The lowest BCUT2D eigenvalue weighted by Gasteiger charge is -2.36. The molecule has 1 unspecified atom stereocenters. The number of carbonyl (C=O) groups excluding carboxylic acids is 2. The average Bonchev–Trinajstić information content (AvgIpc) is 2.66. The molecule has 1 aromatic rings. The summed E-state index contributed by atoms with van der Waals surface area (Å²) >= 11 is 0. The van der Waals surface area contributed by atoms with Crippen molar-refractivity contribution in [2.24, 2.45) is 5.92 Å². The highest BCUT2D eigenvalue weighted by molar-refractivity contribution is 5.85. The lowest BCUT2D eigenvalue weighted by molar-refractivity contribution is -0.150. The first-order chi connectivity index (χ1) is 12.3. The van der Waals surface area contributed by atoms with Crippen LogP contribution in [0.3, 0.4) is 0 Å². The third-order valence-electron chi connectivity index (χ3n) is 4.99. The lowest BCUT2D eigenvalue weighted by Crippen LogP contribution is -2.49. The molecule has 7 nitrogen and oxygen atoms in total. The van der Waals surface area contributed by atoms with E-state index in [0.29, 0.717) is 32.5 Å². The van der Waals surface area contributed by atoms with Crippen molar-refractivity contribution in [3.05, 3.63) is 35.9 Å². The monoisotopic (exact) mass is 361 g/mol. The van der Waals surface area contributed by atoms with Crippen molar-refractivity contribution in [1.29, 1.82) is 0 Å². The normalized spacial score (nSPS) is 16.0. The van der Waals surface area contributed by atoms with Crippen LogP contribution < -0.4 is 0 Å². The molecule has 1 heterocycles. The van der Waals surface area contributed by atoms with E-state index in [1.165, 1.54) is 18.9 Å². The summed E-state index contributed by atoms with van der Waals surface area (Å²) in [5.41, 5.74) is 1.07. The van der Waals surface area contributed by atoms with Gasteiger partial charge in [0.2, 0.25) is 5.91 Å². The smallest absolute Gasteiger partial charge is 0.326 e. The van der Waals surface area contributed by atoms with Crippen molar-refractivity contribution >= 4 is 17.9 Å². The zero-order valence-electron chi connectivity index (χ0n) is 15.6. The Morgan fingerprint density at radius 3 is 2.27 bits per heavy atom. The number of amides is 3. The third-order valence-corrected chi connectivity index (χ3v) is 4.99. The Kier molecular flexibility index (Phi) is 6.60. The maximum absolute atomic E-state index is 12.6. The van der Waals surface area contributed by atoms with Gasteiger partial charge in [0.05, 0.1) is 0 Å². The molecule has 0 radical (unpaired) electrons. The van der Waals surface area contributed by atoms with E-state index in [1.54, 1.807) is 16.8 Å². The van der Waals surface area contributed by atoms with Gasteiger partial charge in [0.1, 0.15) is 6.04 Å². The van der Waals surface area contributed by atoms with Crippen LogP contribution in [0.25, 0.3) is 0 Å². The fourth-order valence-electron chi connectivity index (χ4n) is 3.13. The summed E-state index contributed by atoms with van der Waals surface area (Å²) in [6.45, 7) is 3.04. The number of carbonyl (C=O) groups is 3. The highest BCUT2D eigenvalue weighted by Crippen LogP contribution is 2.21. The van der Waals surface area contributed by atoms with Crippen LogP contribution in [0.15, 0.2) is 30.3 Å². The Hall–Kier alpha value is -2.57. The number of hydrogen-bond donors (Lipinski definition) is 1. The molecule has 1 aliphatic heterocycles. The standard InChI is InChI=1S/C19H27N3O4/c1-14(18(24)25)21(3)17(23)16-9-11-22(12-10-16)19(26)20(2)13-15-7-5-4-6-8-15/h4-8,14,16H,9-13H2,1-3H3,(H,24,25). The third kappa shape index (κ3) is 4.74. The summed E-state index contributed by atoms with van der Waals surface area (Å²) in [4.78, 5) is 40.8. The number of rotatable bonds is 5. The largest absolute Gasteiger partial charge is 0.480 e. The van der Waals surface area contributed by atoms with Crippen LogP contribution in [-0.2, 0) is 16.1 Å². The number of aliphatic carboxylic acids is 1. The second-order valence-corrected chi connectivity index (χ2v) is 6.85. The van der Waals surface area contributed by atoms with Gasteiger partial charge in [-0.15, -0.1) is 0 Å². The zero-order chi connectivity index (χ0) is 19.3. The Balaban J connectivity index is 1.86. The maximum atomic E-state index is 12.6. The average molecular weight is 361 g/mol. The first-order valence-corrected chi connectivity index (χ1v) is 8.84. The van der Waals surface area contributed by atoms with Crippen molar-refractivity contribution in [3.63, 3.8) is 0 Å². The number of piperidine rings is 1. The number of nitrogens with zero attached hydrogens (tertiary/aromatic N) is 3. The van der Waals surface area contributed by atoms with E-state index in [2.05, 4.69) is 0 Å². The van der Waals surface area contributed by atoms with Crippen LogP contribution in [0.1, 0.15) is 25.3 Å². The van der Waals surface area contributed by atoms with Crippen molar-refractivity contribution in [1.82, 2.24) is 14.7 Å². The first-order valence-electron chi connectivity index (χ1n) is 8.84. The van der Waals surface area contributed by atoms with E-state index >= 15 is 0 Å². The van der Waals surface area contributed by atoms with Crippen molar-refractivity contribution in [2.45, 2.75) is 32.4 Å². The molecule has 0 saturated carbocycles. The van der Waals surface area contributed by atoms with Crippen LogP contribution in [-0.4, -0.2) is 70.9 Å². The second-order valence-electron chi connectivity index (χ2n) is 6.85. The van der Waals surface area contributed by atoms with E-state index in [4.69, 9.17) is 5.11 Å². The molecule has 0 spiro atoms. The fraction of sp³-hybridized carbons (Fsp3) is 0.526. The summed E-state index contributed by atoms with van der Waals surface area (Å²) < 4.78 is 0. The Morgan fingerprint density at radius 2 is 1.73 bits per heavy atom. The molecule has 0 aliphatic carbocycles. The molecule has 2 rings (SSSR count). The SMILES string of the molecule is CC(C(=O)O)N(C)C(=O)C1CCN(C(=O)N(C)Cc2ccccc2)CC1. The number of urea groups is 1. The Bertz CT molecular complexity index is 641. The minimum atomic E-state index is -1.02. The summed E-state index contributed by atoms with van der Waals surface area (Å²) in [6, 6.07) is 8.89. The first kappa shape index (κ1) is 19.8. The molecule has 1 aliphatic rings. The Morgan fingerprint density at radius 1 is 1.15 bits per heavy atom. The van der Waals surface area contributed by atoms with Gasteiger partial charge in [0.25, 0.3) is 0 Å². The number of carboxylic acids is 1. The molecule has 0 aromatic heterocycles. The molecule has 1 saturated heterocycles. The lowest BCUT2D eigenvalue weighted by atomic mass is 9.95. The predicted octanol–water partition coefficient (Wildman–Crippen LogP) is 1.88. The molecule has 0 bridgehead atoms. The summed E-state index contributed by atoms with van der Waals surface area (Å²) in [6.07, 6.45) is 1.11. The van der Waals surface area contributed by atoms with Crippen LogP contribution in [0.4, 0.5) is 4.79 Å². The minimum absolute atomic E-state index is 0.0491. The van der Waals surface area contributed by atoms with E-state index in [9.17, 15) is 14.4 Å². The molecule has 1 N–H and O–H groups in total. The van der Waals surface area contributed by atoms with E-state index in [-0.39, 0.29) is 17.9 Å². The van der Waals surface area contributed by atoms with Crippen molar-refractivity contribution in [3.8, 4) is 0 Å². The summed E-state index contributed by atoms with van der Waals surface area (Å²) in [7, 11) is 3.29. The molecule has 142 valence electrons. The number of benzene rings is 1. The summed E-state index contributed by atoms with van der Waals surface area (Å²) in [5, 5.41) is 9.04. The van der Waals surface area contributed by atoms with Gasteiger partial charge in [-0.25, -0.2) is 9.59 Å². The maximum Gasteiger partial charge on any atom is 0.326 e. The van der Waals surface area contributed by atoms with E-state index in [0.717, 1.165) is 5.56 Å². The number of likely N-dealkylation sites (tertiary alicyclic amines) is 1. The van der Waals surface area contributed by atoms with Crippen LogP contribution in [0.2, 0.25) is 0 Å². The minimum Gasteiger partial charge on any atom is -0.480 e. The topological polar surface area (TPSA) is 81.2 Å². The van der Waals surface area contributed by atoms with Crippen molar-refractivity contribution < 1.29 is 19.5 Å². The van der Waals surface area contributed by atoms with Gasteiger partial charge in [-0.1, -0.05) is 30.3 Å². The van der Waals surface area contributed by atoms with E-state index < -0.39 is 12.0 Å². The van der Waals surface area contributed by atoms with Crippen LogP contribution >= 0.6 is 0 Å². The molecule has 1 aromatic carbocycles. The number of carboxylic acid groups (broad SMARTS) is 1. The molecular formula is C19H27N3O4. The molecule has 26 heavy (non-hydrogen) atoms. The number of likely N-dealkylation sites (N-methyl/N-ethyl adjacent to an activating group) is 1. The summed E-state index contributed by atoms with van der Waals surface area (Å²) in [5.74, 6) is -1.41. The van der Waals surface area contributed by atoms with Crippen LogP contribution in [0, 0.1) is 5.92 Å². The fourth-order valence-corrected chi connectivity index (χ4v) is 3.13. The van der Waals surface area contributed by atoms with Gasteiger partial charge in [-0.05, 0) is 25.3 Å². The number of hydrogen-bond acceptors (Lipinski definition) is 3. The highest BCUT2D eigenvalue weighted by atomic mass is 16.4. The molecular weight excluding hydrogens is 334 g/mol. The molecule has 7 heteroatoms. The molecule has 1 atom stereocenters. The van der Waals surface area contributed by atoms with Gasteiger partial charge in [-0.2, -0.15) is 0 Å². The second kappa shape index (κ2) is 8.69. The van der Waals surface area contributed by atoms with E-state index in [1.807, 2.05) is 30.3 Å². The van der Waals surface area contributed by atoms with Crippen LogP contribution in [0.5, 0.6) is 0 Å².